The van der Waals surface area contributed by atoms with Gasteiger partial charge in [0.15, 0.2) is 5.96 Å². The molecule has 0 fully saturated rings. The van der Waals surface area contributed by atoms with Crippen molar-refractivity contribution in [2.45, 2.75) is 46.7 Å². The molecule has 2 aromatic rings. The highest BCUT2D eigenvalue weighted by Crippen LogP contribution is 2.17. The molecule has 0 amide bonds. The SMILES string of the molecule is CCNC(=NCc1c(CC)nn(C)c1CC)N(C)Cc1ccc(OC)cc1.I. The van der Waals surface area contributed by atoms with Gasteiger partial charge in [-0.3, -0.25) is 4.68 Å². The molecule has 2 rings (SSSR count). The van der Waals surface area contributed by atoms with Crippen molar-refractivity contribution in [1.29, 1.82) is 0 Å². The summed E-state index contributed by atoms with van der Waals surface area (Å²) in [6.07, 6.45) is 1.89. The van der Waals surface area contributed by atoms with Crippen LogP contribution in [0.25, 0.3) is 0 Å². The van der Waals surface area contributed by atoms with Crippen LogP contribution in [-0.2, 0) is 33.0 Å². The van der Waals surface area contributed by atoms with Crippen LogP contribution in [0.2, 0.25) is 0 Å². The maximum Gasteiger partial charge on any atom is 0.194 e. The Balaban J connectivity index is 0.00000392. The third kappa shape index (κ3) is 6.12. The summed E-state index contributed by atoms with van der Waals surface area (Å²) in [6, 6.07) is 8.16. The second kappa shape index (κ2) is 11.9. The van der Waals surface area contributed by atoms with Crippen molar-refractivity contribution in [1.82, 2.24) is 20.0 Å². The normalized spacial score (nSPS) is 11.1. The predicted octanol–water partition coefficient (Wildman–Crippen LogP) is 3.77. The van der Waals surface area contributed by atoms with Crippen LogP contribution in [0.5, 0.6) is 5.75 Å². The van der Waals surface area contributed by atoms with Crippen molar-refractivity contribution in [3.8, 4) is 5.75 Å². The van der Waals surface area contributed by atoms with Crippen LogP contribution in [0.3, 0.4) is 0 Å². The van der Waals surface area contributed by atoms with Gasteiger partial charge in [0.1, 0.15) is 5.75 Å². The topological polar surface area (TPSA) is 54.7 Å². The van der Waals surface area contributed by atoms with E-state index in [1.165, 1.54) is 16.8 Å². The molecule has 7 heteroatoms. The summed E-state index contributed by atoms with van der Waals surface area (Å²) < 4.78 is 7.23. The summed E-state index contributed by atoms with van der Waals surface area (Å²) in [4.78, 5) is 7.05. The summed E-state index contributed by atoms with van der Waals surface area (Å²) in [6.45, 7) is 8.68. The lowest BCUT2D eigenvalue weighted by molar-refractivity contribution is 0.414. The van der Waals surface area contributed by atoms with E-state index in [4.69, 9.17) is 9.73 Å². The zero-order chi connectivity index (χ0) is 19.8. The first-order valence-corrected chi connectivity index (χ1v) is 9.69. The van der Waals surface area contributed by atoms with Crippen molar-refractivity contribution in [2.24, 2.45) is 12.0 Å². The van der Waals surface area contributed by atoms with Crippen molar-refractivity contribution in [3.05, 3.63) is 46.8 Å². The summed E-state index contributed by atoms with van der Waals surface area (Å²) in [5, 5.41) is 8.06. The van der Waals surface area contributed by atoms with Crippen LogP contribution in [0.1, 0.15) is 43.3 Å². The predicted molar refractivity (Wildman–Crippen MR) is 127 cm³/mol. The molecule has 0 unspecified atom stereocenters. The maximum atomic E-state index is 5.24. The van der Waals surface area contributed by atoms with Crippen LogP contribution < -0.4 is 10.1 Å². The fourth-order valence-electron chi connectivity index (χ4n) is 3.28. The smallest absolute Gasteiger partial charge is 0.194 e. The summed E-state index contributed by atoms with van der Waals surface area (Å²) in [7, 11) is 5.77. The van der Waals surface area contributed by atoms with Crippen LogP contribution in [0.15, 0.2) is 29.3 Å². The minimum absolute atomic E-state index is 0. The lowest BCUT2D eigenvalue weighted by Gasteiger charge is -2.22. The molecule has 1 heterocycles. The standard InChI is InChI=1S/C21H33N5O.HI/c1-7-19-18(20(8-2)26(5)24-19)14-23-21(22-9-3)25(4)15-16-10-12-17(27-6)13-11-16;/h10-13H,7-9,14-15H2,1-6H3,(H,22,23);1H. The quantitative estimate of drug-likeness (QED) is 0.342. The average Bonchev–Trinajstić information content (AvgIpc) is 3.00. The zero-order valence-electron chi connectivity index (χ0n) is 18.0. The van der Waals surface area contributed by atoms with Crippen LogP contribution in [-0.4, -0.2) is 41.3 Å². The van der Waals surface area contributed by atoms with Gasteiger partial charge in [0.25, 0.3) is 0 Å². The number of nitrogens with one attached hydrogen (secondary N) is 1. The van der Waals surface area contributed by atoms with Crippen LogP contribution >= 0.6 is 24.0 Å². The number of aliphatic imine (C=N–C) groups is 1. The number of hydrogen-bond acceptors (Lipinski definition) is 3. The van der Waals surface area contributed by atoms with Crippen LogP contribution in [0.4, 0.5) is 0 Å². The Morgan fingerprint density at radius 1 is 1.18 bits per heavy atom. The zero-order valence-corrected chi connectivity index (χ0v) is 20.3. The lowest BCUT2D eigenvalue weighted by atomic mass is 10.1. The third-order valence-electron chi connectivity index (χ3n) is 4.69. The highest BCUT2D eigenvalue weighted by atomic mass is 127. The molecule has 1 aromatic carbocycles. The van der Waals surface area contributed by atoms with Gasteiger partial charge in [0, 0.05) is 38.4 Å². The first kappa shape index (κ1) is 24.3. The molecule has 0 spiro atoms. The molecule has 1 N–H and O–H groups in total. The number of guanidine groups is 1. The molecule has 0 saturated carbocycles. The second-order valence-corrected chi connectivity index (χ2v) is 6.58. The van der Waals surface area contributed by atoms with Gasteiger partial charge < -0.3 is 15.0 Å². The molecule has 0 aliphatic carbocycles. The summed E-state index contributed by atoms with van der Waals surface area (Å²) >= 11 is 0. The molecule has 0 saturated heterocycles. The van der Waals surface area contributed by atoms with Gasteiger partial charge in [0.05, 0.1) is 19.3 Å². The minimum Gasteiger partial charge on any atom is -0.497 e. The molecule has 0 bridgehead atoms. The highest BCUT2D eigenvalue weighted by Gasteiger charge is 2.14. The largest absolute Gasteiger partial charge is 0.497 e. The van der Waals surface area contributed by atoms with E-state index in [-0.39, 0.29) is 24.0 Å². The Kier molecular flexibility index (Phi) is 10.3. The van der Waals surface area contributed by atoms with Gasteiger partial charge >= 0.3 is 0 Å². The fourth-order valence-corrected chi connectivity index (χ4v) is 3.28. The van der Waals surface area contributed by atoms with E-state index >= 15 is 0 Å². The number of aromatic nitrogens is 2. The Labute approximate surface area is 186 Å². The lowest BCUT2D eigenvalue weighted by Crippen LogP contribution is -2.38. The number of hydrogen-bond donors (Lipinski definition) is 1. The molecular weight excluding hydrogens is 465 g/mol. The van der Waals surface area contributed by atoms with Gasteiger partial charge in [-0.2, -0.15) is 5.10 Å². The average molecular weight is 499 g/mol. The number of halogens is 1. The Bertz CT molecular complexity index is 755. The number of methoxy groups -OCH3 is 1. The highest BCUT2D eigenvalue weighted by molar-refractivity contribution is 14.0. The first-order chi connectivity index (χ1) is 13.0. The summed E-state index contributed by atoms with van der Waals surface area (Å²) in [5.74, 6) is 1.78. The second-order valence-electron chi connectivity index (χ2n) is 6.58. The van der Waals surface area contributed by atoms with Crippen molar-refractivity contribution in [2.75, 3.05) is 20.7 Å². The van der Waals surface area contributed by atoms with Gasteiger partial charge in [-0.25, -0.2) is 4.99 Å². The van der Waals surface area contributed by atoms with E-state index in [1.54, 1.807) is 7.11 Å². The molecule has 0 aliphatic heterocycles. The molecular formula is C21H34IN5O. The number of benzene rings is 1. The van der Waals surface area contributed by atoms with E-state index in [0.717, 1.165) is 43.3 Å². The van der Waals surface area contributed by atoms with E-state index in [1.807, 2.05) is 23.9 Å². The van der Waals surface area contributed by atoms with Gasteiger partial charge in [0.2, 0.25) is 0 Å². The number of rotatable bonds is 8. The molecule has 0 aliphatic rings. The van der Waals surface area contributed by atoms with Crippen molar-refractivity contribution < 1.29 is 4.74 Å². The van der Waals surface area contributed by atoms with Crippen molar-refractivity contribution in [3.63, 3.8) is 0 Å². The first-order valence-electron chi connectivity index (χ1n) is 9.69. The van der Waals surface area contributed by atoms with E-state index in [2.05, 4.69) is 55.3 Å². The number of ether oxygens (including phenoxy) is 1. The molecule has 156 valence electrons. The van der Waals surface area contributed by atoms with Gasteiger partial charge in [-0.15, -0.1) is 24.0 Å². The maximum absolute atomic E-state index is 5.24. The Morgan fingerprint density at radius 3 is 2.39 bits per heavy atom. The van der Waals surface area contributed by atoms with Gasteiger partial charge in [-0.05, 0) is 37.5 Å². The fraction of sp³-hybridized carbons (Fsp3) is 0.524. The van der Waals surface area contributed by atoms with E-state index < -0.39 is 0 Å². The number of nitrogens with zero attached hydrogens (tertiary/aromatic N) is 4. The molecule has 1 aromatic heterocycles. The molecule has 0 radical (unpaired) electrons. The van der Waals surface area contributed by atoms with E-state index in [0.29, 0.717) is 6.54 Å². The monoisotopic (exact) mass is 499 g/mol. The minimum atomic E-state index is 0. The van der Waals surface area contributed by atoms with Crippen molar-refractivity contribution >= 4 is 29.9 Å². The summed E-state index contributed by atoms with van der Waals surface area (Å²) in [5.41, 5.74) is 4.89. The Morgan fingerprint density at radius 2 is 1.86 bits per heavy atom. The van der Waals surface area contributed by atoms with Crippen LogP contribution in [0, 0.1) is 0 Å². The third-order valence-corrected chi connectivity index (χ3v) is 4.69. The van der Waals surface area contributed by atoms with Gasteiger partial charge in [-0.1, -0.05) is 26.0 Å². The molecule has 6 nitrogen and oxygen atoms in total. The number of aryl methyl sites for hydroxylation is 2. The molecule has 28 heavy (non-hydrogen) atoms. The Hall–Kier alpha value is -1.77. The van der Waals surface area contributed by atoms with E-state index in [9.17, 15) is 0 Å². The molecule has 0 atom stereocenters.